The highest BCUT2D eigenvalue weighted by Gasteiger charge is 2.19. The number of fused-ring (bicyclic) bond motifs is 1. The molecule has 3 aromatic carbocycles. The Bertz CT molecular complexity index is 1070. The van der Waals surface area contributed by atoms with Crippen LogP contribution in [0.15, 0.2) is 77.7 Å². The Labute approximate surface area is 170 Å². The van der Waals surface area contributed by atoms with E-state index in [-0.39, 0.29) is 4.90 Å². The number of rotatable bonds is 6. The number of hydrogen-bond acceptors (Lipinski definition) is 5. The van der Waals surface area contributed by atoms with Crippen LogP contribution in [0.25, 0.3) is 0 Å². The lowest BCUT2D eigenvalue weighted by atomic mass is 10.2. The van der Waals surface area contributed by atoms with Gasteiger partial charge in [-0.25, -0.2) is 8.42 Å². The van der Waals surface area contributed by atoms with Crippen molar-refractivity contribution in [3.8, 4) is 17.2 Å². The van der Waals surface area contributed by atoms with E-state index in [2.05, 4.69) is 4.72 Å². The maximum Gasteiger partial charge on any atom is 0.262 e. The minimum absolute atomic E-state index is 0.117. The fourth-order valence-corrected chi connectivity index (χ4v) is 3.96. The Morgan fingerprint density at radius 2 is 1.59 bits per heavy atom. The van der Waals surface area contributed by atoms with Gasteiger partial charge >= 0.3 is 0 Å². The average molecular weight is 411 g/mol. The van der Waals surface area contributed by atoms with Crippen LogP contribution >= 0.6 is 0 Å². The first-order valence-electron chi connectivity index (χ1n) is 9.29. The lowest BCUT2D eigenvalue weighted by molar-refractivity contribution is 0.297. The van der Waals surface area contributed by atoms with Crippen LogP contribution in [0.4, 0.5) is 5.69 Å². The maximum absolute atomic E-state index is 12.7. The molecule has 1 aliphatic rings. The minimum atomic E-state index is -3.75. The highest BCUT2D eigenvalue weighted by molar-refractivity contribution is 7.92. The summed E-state index contributed by atoms with van der Waals surface area (Å²) in [5, 5.41) is 0. The van der Waals surface area contributed by atoms with Gasteiger partial charge in [-0.2, -0.15) is 0 Å². The van der Waals surface area contributed by atoms with Gasteiger partial charge < -0.3 is 14.2 Å². The second-order valence-electron chi connectivity index (χ2n) is 6.56. The summed E-state index contributed by atoms with van der Waals surface area (Å²) >= 11 is 0. The van der Waals surface area contributed by atoms with Crippen molar-refractivity contribution in [3.05, 3.63) is 78.4 Å². The van der Waals surface area contributed by atoms with Gasteiger partial charge in [0, 0.05) is 18.2 Å². The lowest BCUT2D eigenvalue weighted by Gasteiger charge is -2.12. The van der Waals surface area contributed by atoms with E-state index in [4.69, 9.17) is 14.2 Å². The van der Waals surface area contributed by atoms with E-state index in [0.717, 1.165) is 12.0 Å². The molecule has 29 heavy (non-hydrogen) atoms. The smallest absolute Gasteiger partial charge is 0.262 e. The Kier molecular flexibility index (Phi) is 5.57. The Balaban J connectivity index is 1.43. The van der Waals surface area contributed by atoms with Crippen LogP contribution in [0.5, 0.6) is 17.2 Å². The molecule has 0 fully saturated rings. The number of anilines is 1. The fraction of sp³-hybridized carbons (Fsp3) is 0.182. The van der Waals surface area contributed by atoms with Crippen molar-refractivity contribution in [1.82, 2.24) is 0 Å². The number of benzene rings is 3. The van der Waals surface area contributed by atoms with Gasteiger partial charge in [-0.1, -0.05) is 30.3 Å². The zero-order chi connectivity index (χ0) is 20.1. The molecule has 0 saturated carbocycles. The first kappa shape index (κ1) is 19.1. The van der Waals surface area contributed by atoms with E-state index in [1.54, 1.807) is 30.3 Å². The molecule has 7 heteroatoms. The van der Waals surface area contributed by atoms with Crippen LogP contribution in [0.2, 0.25) is 0 Å². The molecular formula is C22H21NO5S. The monoisotopic (exact) mass is 411 g/mol. The second-order valence-corrected chi connectivity index (χ2v) is 8.25. The van der Waals surface area contributed by atoms with Crippen LogP contribution in [-0.2, 0) is 16.6 Å². The van der Waals surface area contributed by atoms with Crippen LogP contribution in [0, 0.1) is 0 Å². The first-order chi connectivity index (χ1) is 14.1. The van der Waals surface area contributed by atoms with Gasteiger partial charge in [0.25, 0.3) is 10.0 Å². The summed E-state index contributed by atoms with van der Waals surface area (Å²) < 4.78 is 44.9. The normalized spacial score (nSPS) is 13.4. The fourth-order valence-electron chi connectivity index (χ4n) is 2.88. The molecule has 6 nitrogen and oxygen atoms in total. The van der Waals surface area contributed by atoms with Crippen molar-refractivity contribution in [3.63, 3.8) is 0 Å². The topological polar surface area (TPSA) is 73.9 Å². The van der Waals surface area contributed by atoms with E-state index in [1.165, 1.54) is 12.1 Å². The SMILES string of the molecule is O=S(=O)(Nc1ccc(OCc2ccccc2)cc1)c1ccc2c(c1)OCCCO2. The molecule has 0 aromatic heterocycles. The molecule has 0 aliphatic carbocycles. The van der Waals surface area contributed by atoms with Gasteiger partial charge in [-0.15, -0.1) is 0 Å². The van der Waals surface area contributed by atoms with Crippen LogP contribution in [0.3, 0.4) is 0 Å². The molecule has 0 amide bonds. The van der Waals surface area contributed by atoms with Crippen molar-refractivity contribution in [2.45, 2.75) is 17.9 Å². The lowest BCUT2D eigenvalue weighted by Crippen LogP contribution is -2.13. The molecule has 3 aromatic rings. The largest absolute Gasteiger partial charge is 0.490 e. The molecule has 0 radical (unpaired) electrons. The molecule has 4 rings (SSSR count). The Morgan fingerprint density at radius 1 is 0.862 bits per heavy atom. The van der Waals surface area contributed by atoms with Crippen LogP contribution in [-0.4, -0.2) is 21.6 Å². The van der Waals surface area contributed by atoms with Crippen molar-refractivity contribution in [1.29, 1.82) is 0 Å². The molecule has 1 aliphatic heterocycles. The van der Waals surface area contributed by atoms with Gasteiger partial charge in [0.15, 0.2) is 11.5 Å². The number of sulfonamides is 1. The van der Waals surface area contributed by atoms with E-state index in [9.17, 15) is 8.42 Å². The minimum Gasteiger partial charge on any atom is -0.490 e. The third kappa shape index (κ3) is 4.81. The van der Waals surface area contributed by atoms with E-state index in [1.807, 2.05) is 30.3 Å². The molecule has 1 N–H and O–H groups in total. The maximum atomic E-state index is 12.7. The Morgan fingerprint density at radius 3 is 2.34 bits per heavy atom. The molecule has 0 bridgehead atoms. The summed E-state index contributed by atoms with van der Waals surface area (Å²) in [6, 6.07) is 21.2. The molecule has 0 saturated heterocycles. The first-order valence-corrected chi connectivity index (χ1v) is 10.8. The van der Waals surface area contributed by atoms with E-state index in [0.29, 0.717) is 42.8 Å². The van der Waals surface area contributed by atoms with Gasteiger partial charge in [0.2, 0.25) is 0 Å². The molecule has 0 spiro atoms. The number of hydrogen-bond donors (Lipinski definition) is 1. The molecular weight excluding hydrogens is 390 g/mol. The van der Waals surface area contributed by atoms with Crippen molar-refractivity contribution in [2.24, 2.45) is 0 Å². The highest BCUT2D eigenvalue weighted by atomic mass is 32.2. The molecule has 150 valence electrons. The summed E-state index contributed by atoms with van der Waals surface area (Å²) in [5.74, 6) is 1.66. The summed E-state index contributed by atoms with van der Waals surface area (Å²) in [6.07, 6.45) is 0.758. The third-order valence-electron chi connectivity index (χ3n) is 4.38. The number of nitrogens with one attached hydrogen (secondary N) is 1. The van der Waals surface area contributed by atoms with Gasteiger partial charge in [-0.3, -0.25) is 4.72 Å². The van der Waals surface area contributed by atoms with Crippen molar-refractivity contribution < 1.29 is 22.6 Å². The predicted octanol–water partition coefficient (Wildman–Crippen LogP) is 4.23. The average Bonchev–Trinajstić information content (AvgIpc) is 2.99. The number of ether oxygens (including phenoxy) is 3. The van der Waals surface area contributed by atoms with Crippen molar-refractivity contribution in [2.75, 3.05) is 17.9 Å². The van der Waals surface area contributed by atoms with Crippen molar-refractivity contribution >= 4 is 15.7 Å². The summed E-state index contributed by atoms with van der Waals surface area (Å²) in [6.45, 7) is 1.49. The highest BCUT2D eigenvalue weighted by Crippen LogP contribution is 2.32. The van der Waals surface area contributed by atoms with E-state index < -0.39 is 10.0 Å². The van der Waals surface area contributed by atoms with E-state index >= 15 is 0 Å². The molecule has 0 atom stereocenters. The van der Waals surface area contributed by atoms with Crippen LogP contribution < -0.4 is 18.9 Å². The van der Waals surface area contributed by atoms with Gasteiger partial charge in [-0.05, 0) is 42.0 Å². The second kappa shape index (κ2) is 8.45. The van der Waals surface area contributed by atoms with Gasteiger partial charge in [0.1, 0.15) is 12.4 Å². The zero-order valence-electron chi connectivity index (χ0n) is 15.7. The standard InChI is InChI=1S/C22H21NO5S/c24-29(25,20-11-12-21-22(15-20)27-14-4-13-26-21)23-18-7-9-19(10-8-18)28-16-17-5-2-1-3-6-17/h1-3,5-12,15,23H,4,13-14,16H2. The van der Waals surface area contributed by atoms with Crippen LogP contribution in [0.1, 0.15) is 12.0 Å². The third-order valence-corrected chi connectivity index (χ3v) is 5.76. The molecule has 1 heterocycles. The summed E-state index contributed by atoms with van der Waals surface area (Å²) in [7, 11) is -3.75. The summed E-state index contributed by atoms with van der Waals surface area (Å²) in [5.41, 5.74) is 1.51. The summed E-state index contributed by atoms with van der Waals surface area (Å²) in [4.78, 5) is 0.117. The predicted molar refractivity (Wildman–Crippen MR) is 110 cm³/mol. The van der Waals surface area contributed by atoms with Gasteiger partial charge in [0.05, 0.1) is 18.1 Å². The quantitative estimate of drug-likeness (QED) is 0.657. The zero-order valence-corrected chi connectivity index (χ0v) is 16.5. The Hall–Kier alpha value is -3.19. The molecule has 0 unspecified atom stereocenters.